The predicted octanol–water partition coefficient (Wildman–Crippen LogP) is 4.17. The van der Waals surface area contributed by atoms with E-state index in [2.05, 4.69) is 25.7 Å². The number of amides is 1. The lowest BCUT2D eigenvalue weighted by molar-refractivity contribution is -0.0928. The van der Waals surface area contributed by atoms with Gasteiger partial charge in [0.15, 0.2) is 5.76 Å². The second-order valence-electron chi connectivity index (χ2n) is 10.5. The van der Waals surface area contributed by atoms with Crippen LogP contribution in [-0.2, 0) is 0 Å². The molecular formula is C25H37NO4. The zero-order valence-corrected chi connectivity index (χ0v) is 18.4. The Kier molecular flexibility index (Phi) is 5.88. The standard InChI is InChI=1S/C25H37NO4/c1-16-6-7-20-19(14-26-23(29)22-5-4-12-30-22)21(9-11-24(16,20)2)25(3)10-8-18(28)13-17(25)15-27/h4-5,12,17-21,27-28H,1,6-11,13-15H2,2-3H3,(H,26,29)/t17-,18+,19+,20+,21+,24-,25+/m1/s1. The molecule has 166 valence electrons. The van der Waals surface area contributed by atoms with Crippen molar-refractivity contribution in [3.8, 4) is 0 Å². The number of aliphatic hydroxyl groups excluding tert-OH is 2. The van der Waals surface area contributed by atoms with Crippen molar-refractivity contribution in [3.05, 3.63) is 36.3 Å². The summed E-state index contributed by atoms with van der Waals surface area (Å²) in [6, 6.07) is 3.43. The van der Waals surface area contributed by atoms with Crippen molar-refractivity contribution in [1.29, 1.82) is 0 Å². The van der Waals surface area contributed by atoms with Crippen LogP contribution in [0.4, 0.5) is 0 Å². The zero-order valence-electron chi connectivity index (χ0n) is 18.4. The molecule has 0 saturated heterocycles. The normalized spacial score (nSPS) is 41.5. The van der Waals surface area contributed by atoms with E-state index in [0.717, 1.165) is 38.5 Å². The summed E-state index contributed by atoms with van der Waals surface area (Å²) in [5.74, 6) is 1.51. The molecule has 0 spiro atoms. The van der Waals surface area contributed by atoms with Crippen LogP contribution in [0.2, 0.25) is 0 Å². The second kappa shape index (κ2) is 8.16. The highest BCUT2D eigenvalue weighted by molar-refractivity contribution is 5.91. The molecule has 3 N–H and O–H groups in total. The minimum Gasteiger partial charge on any atom is -0.459 e. The molecule has 5 nitrogen and oxygen atoms in total. The molecular weight excluding hydrogens is 378 g/mol. The third-order valence-corrected chi connectivity index (χ3v) is 9.21. The van der Waals surface area contributed by atoms with Gasteiger partial charge in [-0.25, -0.2) is 0 Å². The van der Waals surface area contributed by atoms with Crippen LogP contribution in [0.3, 0.4) is 0 Å². The van der Waals surface area contributed by atoms with E-state index in [1.807, 2.05) is 0 Å². The first-order valence-electron chi connectivity index (χ1n) is 11.6. The first-order chi connectivity index (χ1) is 14.3. The number of hydrogen-bond donors (Lipinski definition) is 3. The Balaban J connectivity index is 1.61. The highest BCUT2D eigenvalue weighted by atomic mass is 16.3. The van der Waals surface area contributed by atoms with Crippen LogP contribution in [0, 0.1) is 34.5 Å². The first kappa shape index (κ1) is 21.6. The van der Waals surface area contributed by atoms with Gasteiger partial charge in [-0.2, -0.15) is 0 Å². The van der Waals surface area contributed by atoms with Crippen molar-refractivity contribution in [2.24, 2.45) is 34.5 Å². The van der Waals surface area contributed by atoms with Gasteiger partial charge in [0.2, 0.25) is 0 Å². The van der Waals surface area contributed by atoms with E-state index < -0.39 is 0 Å². The van der Waals surface area contributed by atoms with Crippen LogP contribution in [-0.4, -0.2) is 35.4 Å². The molecule has 3 saturated carbocycles. The van der Waals surface area contributed by atoms with E-state index in [-0.39, 0.29) is 35.4 Å². The summed E-state index contributed by atoms with van der Waals surface area (Å²) in [6.45, 7) is 9.82. The number of rotatable bonds is 5. The maximum atomic E-state index is 12.6. The number of allylic oxidation sites excluding steroid dienone is 1. The van der Waals surface area contributed by atoms with Crippen LogP contribution in [0.5, 0.6) is 0 Å². The smallest absolute Gasteiger partial charge is 0.286 e. The molecule has 0 radical (unpaired) electrons. The van der Waals surface area contributed by atoms with Gasteiger partial charge in [-0.05, 0) is 91.6 Å². The number of carbonyl (C=O) groups excluding carboxylic acids is 1. The molecule has 1 aromatic heterocycles. The summed E-state index contributed by atoms with van der Waals surface area (Å²) in [6.07, 6.45) is 8.00. The van der Waals surface area contributed by atoms with Crippen molar-refractivity contribution in [2.75, 3.05) is 13.2 Å². The van der Waals surface area contributed by atoms with Crippen LogP contribution < -0.4 is 5.32 Å². The maximum absolute atomic E-state index is 12.6. The van der Waals surface area contributed by atoms with Crippen LogP contribution in [0.25, 0.3) is 0 Å². The molecule has 3 aliphatic carbocycles. The fraction of sp³-hybridized carbons (Fsp3) is 0.720. The summed E-state index contributed by atoms with van der Waals surface area (Å²) >= 11 is 0. The predicted molar refractivity (Wildman–Crippen MR) is 116 cm³/mol. The largest absolute Gasteiger partial charge is 0.459 e. The molecule has 0 aromatic carbocycles. The molecule has 3 fully saturated rings. The van der Waals surface area contributed by atoms with E-state index in [0.29, 0.717) is 36.5 Å². The van der Waals surface area contributed by atoms with Crippen molar-refractivity contribution < 1.29 is 19.4 Å². The van der Waals surface area contributed by atoms with Gasteiger partial charge in [-0.1, -0.05) is 26.0 Å². The van der Waals surface area contributed by atoms with Gasteiger partial charge in [0.25, 0.3) is 5.91 Å². The fourth-order valence-corrected chi connectivity index (χ4v) is 7.17. The maximum Gasteiger partial charge on any atom is 0.286 e. The molecule has 1 heterocycles. The third kappa shape index (κ3) is 3.54. The number of carbonyl (C=O) groups is 1. The highest BCUT2D eigenvalue weighted by Gasteiger charge is 2.56. The third-order valence-electron chi connectivity index (χ3n) is 9.21. The number of aliphatic hydroxyl groups is 2. The molecule has 0 aliphatic heterocycles. The Morgan fingerprint density at radius 3 is 2.77 bits per heavy atom. The van der Waals surface area contributed by atoms with Gasteiger partial charge in [-0.3, -0.25) is 4.79 Å². The lowest BCUT2D eigenvalue weighted by Crippen LogP contribution is -2.53. The van der Waals surface area contributed by atoms with Gasteiger partial charge in [0, 0.05) is 13.2 Å². The fourth-order valence-electron chi connectivity index (χ4n) is 7.17. The number of furan rings is 1. The Labute approximate surface area is 179 Å². The average molecular weight is 416 g/mol. The van der Waals surface area contributed by atoms with Gasteiger partial charge in [-0.15, -0.1) is 0 Å². The zero-order chi connectivity index (χ0) is 21.5. The molecule has 4 rings (SSSR count). The van der Waals surface area contributed by atoms with Gasteiger partial charge < -0.3 is 19.9 Å². The second-order valence-corrected chi connectivity index (χ2v) is 10.5. The minimum absolute atomic E-state index is 0.0285. The van der Waals surface area contributed by atoms with E-state index in [1.54, 1.807) is 12.1 Å². The summed E-state index contributed by atoms with van der Waals surface area (Å²) in [7, 11) is 0. The average Bonchev–Trinajstić information content (AvgIpc) is 3.37. The number of hydrogen-bond acceptors (Lipinski definition) is 4. The SMILES string of the molecule is C=C1CC[C@H]2[C@H](CNC(=O)c3ccco3)[C@@H]([C@@]3(C)CC[C@H](O)C[C@@H]3CO)CC[C@]12C. The number of nitrogens with one attached hydrogen (secondary N) is 1. The molecule has 5 heteroatoms. The highest BCUT2D eigenvalue weighted by Crippen LogP contribution is 2.63. The molecule has 1 aromatic rings. The van der Waals surface area contributed by atoms with Crippen molar-refractivity contribution >= 4 is 5.91 Å². The Morgan fingerprint density at radius 1 is 1.27 bits per heavy atom. The van der Waals surface area contributed by atoms with Crippen molar-refractivity contribution in [3.63, 3.8) is 0 Å². The summed E-state index contributed by atoms with van der Waals surface area (Å²) in [5, 5.41) is 23.6. The van der Waals surface area contributed by atoms with Crippen LogP contribution >= 0.6 is 0 Å². The van der Waals surface area contributed by atoms with E-state index in [4.69, 9.17) is 4.42 Å². The van der Waals surface area contributed by atoms with E-state index in [9.17, 15) is 15.0 Å². The Bertz CT molecular complexity index is 774. The molecule has 0 unspecified atom stereocenters. The first-order valence-corrected chi connectivity index (χ1v) is 11.6. The quantitative estimate of drug-likeness (QED) is 0.631. The molecule has 1 amide bonds. The van der Waals surface area contributed by atoms with Crippen LogP contribution in [0.1, 0.15) is 69.3 Å². The lowest BCUT2D eigenvalue weighted by atomic mass is 9.49. The Hall–Kier alpha value is -1.59. The molecule has 30 heavy (non-hydrogen) atoms. The summed E-state index contributed by atoms with van der Waals surface area (Å²) < 4.78 is 5.28. The van der Waals surface area contributed by atoms with E-state index >= 15 is 0 Å². The monoisotopic (exact) mass is 415 g/mol. The van der Waals surface area contributed by atoms with Gasteiger partial charge in [0.1, 0.15) is 0 Å². The summed E-state index contributed by atoms with van der Waals surface area (Å²) in [4.78, 5) is 12.6. The van der Waals surface area contributed by atoms with Gasteiger partial charge in [0.05, 0.1) is 12.4 Å². The minimum atomic E-state index is -0.313. The number of fused-ring (bicyclic) bond motifs is 1. The van der Waals surface area contributed by atoms with Gasteiger partial charge >= 0.3 is 0 Å². The molecule has 3 aliphatic rings. The van der Waals surface area contributed by atoms with Crippen LogP contribution in [0.15, 0.2) is 35.0 Å². The summed E-state index contributed by atoms with van der Waals surface area (Å²) in [5.41, 5.74) is 1.46. The Morgan fingerprint density at radius 2 is 2.07 bits per heavy atom. The molecule has 0 bridgehead atoms. The topological polar surface area (TPSA) is 82.7 Å². The lowest BCUT2D eigenvalue weighted by Gasteiger charge is -2.56. The van der Waals surface area contributed by atoms with E-state index in [1.165, 1.54) is 11.8 Å². The van der Waals surface area contributed by atoms with Crippen molar-refractivity contribution in [2.45, 2.75) is 64.9 Å². The molecule has 7 atom stereocenters. The van der Waals surface area contributed by atoms with Crippen molar-refractivity contribution in [1.82, 2.24) is 5.32 Å².